The Morgan fingerprint density at radius 2 is 2.17 bits per heavy atom. The number of carbonyl (C=O) groups excluding carboxylic acids is 1. The summed E-state index contributed by atoms with van der Waals surface area (Å²) in [5.41, 5.74) is 4.49. The van der Waals surface area contributed by atoms with Crippen LogP contribution >= 0.6 is 11.6 Å². The first-order chi connectivity index (χ1) is 14.5. The molecule has 3 atom stereocenters. The molecule has 3 aromatic rings. The van der Waals surface area contributed by atoms with E-state index in [9.17, 15) is 9.90 Å². The zero-order valence-corrected chi connectivity index (χ0v) is 17.3. The molecule has 0 aliphatic carbocycles. The summed E-state index contributed by atoms with van der Waals surface area (Å²) in [6, 6.07) is 9.25. The number of aliphatic hydroxyl groups is 1. The van der Waals surface area contributed by atoms with E-state index < -0.39 is 6.10 Å². The minimum atomic E-state index is -0.682. The van der Waals surface area contributed by atoms with Crippen molar-refractivity contribution in [3.8, 4) is 0 Å². The zero-order valence-electron chi connectivity index (χ0n) is 16.6. The number of pyridine rings is 2. The number of ether oxygens (including phenoxy) is 1. The number of carbonyl (C=O) groups is 1. The van der Waals surface area contributed by atoms with E-state index in [-0.39, 0.29) is 24.6 Å². The Bertz CT molecular complexity index is 1120. The predicted octanol–water partition coefficient (Wildman–Crippen LogP) is 3.54. The molecule has 0 spiro atoms. The van der Waals surface area contributed by atoms with Crippen LogP contribution in [-0.2, 0) is 11.2 Å². The summed E-state index contributed by atoms with van der Waals surface area (Å²) < 4.78 is 5.37. The van der Waals surface area contributed by atoms with Gasteiger partial charge in [0.15, 0.2) is 0 Å². The van der Waals surface area contributed by atoms with Crippen molar-refractivity contribution in [2.24, 2.45) is 0 Å². The molecule has 4 heterocycles. The monoisotopic (exact) mass is 423 g/mol. The van der Waals surface area contributed by atoms with Crippen molar-refractivity contribution in [2.75, 3.05) is 13.2 Å². The molecule has 2 aliphatic rings. The van der Waals surface area contributed by atoms with Crippen LogP contribution in [0.5, 0.6) is 0 Å². The highest BCUT2D eigenvalue weighted by atomic mass is 35.5. The standard InChI is InChI=1S/C23H22ClN3O3/c1-13-21-17(23(29)27(13)18-6-8-30-12-19(18)28)10-15(16-3-2-7-25-22(16)21)9-14-4-5-20(24)26-11-14/h2-5,7,10-11,13,18-19,28H,6,8-9,12H2,1H3. The van der Waals surface area contributed by atoms with Gasteiger partial charge in [0.2, 0.25) is 0 Å². The van der Waals surface area contributed by atoms with Crippen molar-refractivity contribution in [2.45, 2.75) is 38.0 Å². The van der Waals surface area contributed by atoms with Crippen LogP contribution in [0.2, 0.25) is 5.15 Å². The Morgan fingerprint density at radius 1 is 1.30 bits per heavy atom. The lowest BCUT2D eigenvalue weighted by molar-refractivity contribution is -0.0623. The average Bonchev–Trinajstić information content (AvgIpc) is 3.00. The molecular weight excluding hydrogens is 402 g/mol. The van der Waals surface area contributed by atoms with Gasteiger partial charge in [-0.2, -0.15) is 0 Å². The normalized spacial score (nSPS) is 23.8. The van der Waals surface area contributed by atoms with Gasteiger partial charge in [-0.25, -0.2) is 4.98 Å². The van der Waals surface area contributed by atoms with Crippen LogP contribution in [0.25, 0.3) is 10.9 Å². The van der Waals surface area contributed by atoms with E-state index in [1.165, 1.54) is 0 Å². The molecule has 1 fully saturated rings. The SMILES string of the molecule is CC1c2c(cc(Cc3ccc(Cl)nc3)c3cccnc23)C(=O)N1C1CCOCC1O. The van der Waals surface area contributed by atoms with Crippen molar-refractivity contribution in [1.82, 2.24) is 14.9 Å². The summed E-state index contributed by atoms with van der Waals surface area (Å²) in [5.74, 6) is -0.0496. The maximum Gasteiger partial charge on any atom is 0.255 e. The minimum Gasteiger partial charge on any atom is -0.389 e. The van der Waals surface area contributed by atoms with Crippen molar-refractivity contribution in [3.05, 3.63) is 70.1 Å². The van der Waals surface area contributed by atoms with Crippen LogP contribution in [0.15, 0.2) is 42.7 Å². The first-order valence-electron chi connectivity index (χ1n) is 10.1. The van der Waals surface area contributed by atoms with E-state index in [4.69, 9.17) is 16.3 Å². The number of hydrogen-bond acceptors (Lipinski definition) is 5. The average molecular weight is 424 g/mol. The smallest absolute Gasteiger partial charge is 0.255 e. The number of amides is 1. The molecule has 6 nitrogen and oxygen atoms in total. The summed E-state index contributed by atoms with van der Waals surface area (Å²) in [6.45, 7) is 2.82. The molecule has 0 bridgehead atoms. The Balaban J connectivity index is 1.61. The topological polar surface area (TPSA) is 75.6 Å². The van der Waals surface area contributed by atoms with Crippen LogP contribution in [0.1, 0.15) is 46.4 Å². The van der Waals surface area contributed by atoms with Crippen molar-refractivity contribution in [3.63, 3.8) is 0 Å². The molecule has 0 radical (unpaired) electrons. The first kappa shape index (κ1) is 19.4. The maximum atomic E-state index is 13.5. The molecule has 7 heteroatoms. The molecule has 1 aromatic carbocycles. The van der Waals surface area contributed by atoms with Gasteiger partial charge >= 0.3 is 0 Å². The lowest BCUT2D eigenvalue weighted by atomic mass is 9.93. The van der Waals surface area contributed by atoms with E-state index in [0.29, 0.717) is 30.2 Å². The number of aromatic nitrogens is 2. The van der Waals surface area contributed by atoms with Gasteiger partial charge in [0, 0.05) is 35.5 Å². The molecule has 154 valence electrons. The number of nitrogens with zero attached hydrogens (tertiary/aromatic N) is 3. The molecular formula is C23H22ClN3O3. The number of aliphatic hydroxyl groups excluding tert-OH is 1. The highest BCUT2D eigenvalue weighted by Crippen LogP contribution is 2.41. The molecule has 2 aliphatic heterocycles. The maximum absolute atomic E-state index is 13.5. The molecule has 3 unspecified atom stereocenters. The van der Waals surface area contributed by atoms with Gasteiger partial charge in [-0.1, -0.05) is 23.7 Å². The van der Waals surface area contributed by atoms with Crippen LogP contribution in [-0.4, -0.2) is 51.2 Å². The lowest BCUT2D eigenvalue weighted by Gasteiger charge is -2.37. The number of fused-ring (bicyclic) bond motifs is 3. The van der Waals surface area contributed by atoms with E-state index in [1.807, 2.05) is 36.1 Å². The van der Waals surface area contributed by atoms with Crippen LogP contribution in [0.4, 0.5) is 0 Å². The molecule has 5 rings (SSSR count). The summed E-state index contributed by atoms with van der Waals surface area (Å²) in [6.07, 6.45) is 4.09. The molecule has 1 saturated heterocycles. The summed E-state index contributed by atoms with van der Waals surface area (Å²) >= 11 is 5.92. The van der Waals surface area contributed by atoms with Crippen molar-refractivity contribution < 1.29 is 14.6 Å². The molecule has 1 amide bonds. The van der Waals surface area contributed by atoms with Crippen LogP contribution in [0.3, 0.4) is 0 Å². The van der Waals surface area contributed by atoms with Crippen LogP contribution < -0.4 is 0 Å². The van der Waals surface area contributed by atoms with Gasteiger partial charge in [0.1, 0.15) is 5.15 Å². The fourth-order valence-corrected chi connectivity index (χ4v) is 4.85. The summed E-state index contributed by atoms with van der Waals surface area (Å²) in [7, 11) is 0. The number of halogens is 1. The number of rotatable bonds is 3. The van der Waals surface area contributed by atoms with Gasteiger partial charge in [-0.15, -0.1) is 0 Å². The lowest BCUT2D eigenvalue weighted by Crippen LogP contribution is -2.50. The van der Waals surface area contributed by atoms with Gasteiger partial charge in [-0.3, -0.25) is 9.78 Å². The second kappa shape index (κ2) is 7.61. The number of benzene rings is 1. The molecule has 1 N–H and O–H groups in total. The van der Waals surface area contributed by atoms with E-state index in [1.54, 1.807) is 18.5 Å². The predicted molar refractivity (Wildman–Crippen MR) is 114 cm³/mol. The Labute approximate surface area is 179 Å². The fraction of sp³-hybridized carbons (Fsp3) is 0.348. The van der Waals surface area contributed by atoms with E-state index >= 15 is 0 Å². The van der Waals surface area contributed by atoms with E-state index in [0.717, 1.165) is 27.6 Å². The van der Waals surface area contributed by atoms with Gasteiger partial charge < -0.3 is 14.7 Å². The zero-order chi connectivity index (χ0) is 20.8. The van der Waals surface area contributed by atoms with Gasteiger partial charge in [0.25, 0.3) is 5.91 Å². The Kier molecular flexibility index (Phi) is 4.93. The van der Waals surface area contributed by atoms with Crippen molar-refractivity contribution in [1.29, 1.82) is 0 Å². The van der Waals surface area contributed by atoms with Crippen LogP contribution in [0, 0.1) is 0 Å². The first-order valence-corrected chi connectivity index (χ1v) is 10.5. The molecule has 30 heavy (non-hydrogen) atoms. The highest BCUT2D eigenvalue weighted by molar-refractivity contribution is 6.29. The largest absolute Gasteiger partial charge is 0.389 e. The molecule has 0 saturated carbocycles. The highest BCUT2D eigenvalue weighted by Gasteiger charge is 2.43. The van der Waals surface area contributed by atoms with Crippen molar-refractivity contribution >= 4 is 28.4 Å². The third-order valence-electron chi connectivity index (χ3n) is 6.15. The number of hydrogen-bond donors (Lipinski definition) is 1. The summed E-state index contributed by atoms with van der Waals surface area (Å²) in [5, 5.41) is 12.0. The third kappa shape index (κ3) is 3.16. The quantitative estimate of drug-likeness (QED) is 0.652. The Morgan fingerprint density at radius 3 is 2.93 bits per heavy atom. The Hall–Kier alpha value is -2.54. The fourth-order valence-electron chi connectivity index (χ4n) is 4.74. The van der Waals surface area contributed by atoms with Gasteiger partial charge in [-0.05, 0) is 49.1 Å². The minimum absolute atomic E-state index is 0.0496. The molecule has 2 aromatic heterocycles. The second-order valence-corrected chi connectivity index (χ2v) is 8.34. The third-order valence-corrected chi connectivity index (χ3v) is 6.37. The van der Waals surface area contributed by atoms with Gasteiger partial charge in [0.05, 0.1) is 30.3 Å². The summed E-state index contributed by atoms with van der Waals surface area (Å²) in [4.78, 5) is 24.1. The second-order valence-electron chi connectivity index (χ2n) is 7.95. The van der Waals surface area contributed by atoms with E-state index in [2.05, 4.69) is 9.97 Å².